The number of carbonyl (C=O) groups is 1. The lowest BCUT2D eigenvalue weighted by Crippen LogP contribution is -2.35. The lowest BCUT2D eigenvalue weighted by molar-refractivity contribution is -0.138. The first-order valence-corrected chi connectivity index (χ1v) is 6.92. The van der Waals surface area contributed by atoms with Gasteiger partial charge in [0.05, 0.1) is 5.56 Å². The van der Waals surface area contributed by atoms with Crippen molar-refractivity contribution in [1.29, 1.82) is 0 Å². The first-order chi connectivity index (χ1) is 10.8. The SMILES string of the molecule is CC(Cc1ccccc1C(F)(F)F)NC(=O)c1cccc(=O)[nH]1. The Labute approximate surface area is 130 Å². The first kappa shape index (κ1) is 16.8. The van der Waals surface area contributed by atoms with Gasteiger partial charge < -0.3 is 10.3 Å². The summed E-state index contributed by atoms with van der Waals surface area (Å²) < 4.78 is 38.8. The zero-order valence-electron chi connectivity index (χ0n) is 12.3. The minimum absolute atomic E-state index is 0.0263. The maximum Gasteiger partial charge on any atom is 0.416 e. The van der Waals surface area contributed by atoms with Crippen LogP contribution >= 0.6 is 0 Å². The fraction of sp³-hybridized carbons (Fsp3) is 0.250. The van der Waals surface area contributed by atoms with Gasteiger partial charge in [-0.3, -0.25) is 9.59 Å². The van der Waals surface area contributed by atoms with Crippen molar-refractivity contribution in [3.8, 4) is 0 Å². The highest BCUT2D eigenvalue weighted by atomic mass is 19.4. The first-order valence-electron chi connectivity index (χ1n) is 6.92. The van der Waals surface area contributed by atoms with Crippen molar-refractivity contribution >= 4 is 5.91 Å². The highest BCUT2D eigenvalue weighted by Gasteiger charge is 2.33. The summed E-state index contributed by atoms with van der Waals surface area (Å²) in [7, 11) is 0. The number of aromatic amines is 1. The van der Waals surface area contributed by atoms with E-state index in [1.54, 1.807) is 6.92 Å². The number of amides is 1. The van der Waals surface area contributed by atoms with Crippen molar-refractivity contribution in [2.75, 3.05) is 0 Å². The van der Waals surface area contributed by atoms with Gasteiger partial charge in [-0.05, 0) is 31.0 Å². The Bertz CT molecular complexity index is 753. The molecule has 4 nitrogen and oxygen atoms in total. The second-order valence-electron chi connectivity index (χ2n) is 5.16. The summed E-state index contributed by atoms with van der Waals surface area (Å²) in [6.45, 7) is 1.60. The van der Waals surface area contributed by atoms with Gasteiger partial charge in [0.1, 0.15) is 5.69 Å². The number of hydrogen-bond donors (Lipinski definition) is 2. The van der Waals surface area contributed by atoms with Crippen LogP contribution in [0.4, 0.5) is 13.2 Å². The van der Waals surface area contributed by atoms with Crippen LogP contribution in [0, 0.1) is 0 Å². The Morgan fingerprint density at radius 2 is 1.87 bits per heavy atom. The molecule has 1 unspecified atom stereocenters. The number of H-pyrrole nitrogens is 1. The molecule has 0 aliphatic carbocycles. The quantitative estimate of drug-likeness (QED) is 0.908. The summed E-state index contributed by atoms with van der Waals surface area (Å²) in [4.78, 5) is 25.5. The molecule has 1 atom stereocenters. The Morgan fingerprint density at radius 3 is 2.52 bits per heavy atom. The number of pyridine rings is 1. The molecule has 0 aliphatic rings. The average molecular weight is 324 g/mol. The van der Waals surface area contributed by atoms with Gasteiger partial charge in [0, 0.05) is 12.1 Å². The van der Waals surface area contributed by atoms with E-state index in [9.17, 15) is 22.8 Å². The molecule has 0 fully saturated rings. The van der Waals surface area contributed by atoms with Crippen LogP contribution in [0.5, 0.6) is 0 Å². The van der Waals surface area contributed by atoms with Gasteiger partial charge in [0.2, 0.25) is 5.56 Å². The van der Waals surface area contributed by atoms with E-state index < -0.39 is 29.2 Å². The summed E-state index contributed by atoms with van der Waals surface area (Å²) in [5, 5.41) is 2.57. The maximum absolute atomic E-state index is 12.9. The number of rotatable bonds is 4. The van der Waals surface area contributed by atoms with E-state index in [4.69, 9.17) is 0 Å². The van der Waals surface area contributed by atoms with Gasteiger partial charge >= 0.3 is 6.18 Å². The summed E-state index contributed by atoms with van der Waals surface area (Å²) in [6, 6.07) is 8.83. The molecule has 0 spiro atoms. The molecule has 2 N–H and O–H groups in total. The zero-order chi connectivity index (χ0) is 17.0. The molecule has 1 heterocycles. The van der Waals surface area contributed by atoms with Crippen LogP contribution < -0.4 is 10.9 Å². The largest absolute Gasteiger partial charge is 0.416 e. The topological polar surface area (TPSA) is 62.0 Å². The highest BCUT2D eigenvalue weighted by molar-refractivity contribution is 5.92. The monoisotopic (exact) mass is 324 g/mol. The normalized spacial score (nSPS) is 12.7. The third-order valence-corrected chi connectivity index (χ3v) is 3.24. The molecular weight excluding hydrogens is 309 g/mol. The van der Waals surface area contributed by atoms with Crippen LogP contribution in [0.25, 0.3) is 0 Å². The van der Waals surface area contributed by atoms with Gasteiger partial charge in [-0.25, -0.2) is 0 Å². The Kier molecular flexibility index (Phi) is 4.88. The molecule has 2 rings (SSSR count). The number of aromatic nitrogens is 1. The van der Waals surface area contributed by atoms with E-state index >= 15 is 0 Å². The van der Waals surface area contributed by atoms with E-state index in [2.05, 4.69) is 10.3 Å². The number of carbonyl (C=O) groups excluding carboxylic acids is 1. The fourth-order valence-corrected chi connectivity index (χ4v) is 2.24. The third-order valence-electron chi connectivity index (χ3n) is 3.24. The minimum Gasteiger partial charge on any atom is -0.348 e. The number of benzene rings is 1. The van der Waals surface area contributed by atoms with Crippen molar-refractivity contribution < 1.29 is 18.0 Å². The number of halogens is 3. The molecule has 7 heteroatoms. The minimum atomic E-state index is -4.44. The molecule has 1 amide bonds. The molecule has 0 saturated carbocycles. The van der Waals surface area contributed by atoms with Crippen molar-refractivity contribution in [3.63, 3.8) is 0 Å². The molecule has 2 aromatic rings. The van der Waals surface area contributed by atoms with Crippen LogP contribution in [0.2, 0.25) is 0 Å². The van der Waals surface area contributed by atoms with Crippen LogP contribution in [-0.4, -0.2) is 16.9 Å². The molecule has 122 valence electrons. The Morgan fingerprint density at radius 1 is 1.17 bits per heavy atom. The van der Waals surface area contributed by atoms with Gasteiger partial charge in [0.15, 0.2) is 0 Å². The molecule has 0 saturated heterocycles. The van der Waals surface area contributed by atoms with E-state index in [1.807, 2.05) is 0 Å². The smallest absolute Gasteiger partial charge is 0.348 e. The lowest BCUT2D eigenvalue weighted by Gasteiger charge is -2.17. The number of alkyl halides is 3. The molecule has 23 heavy (non-hydrogen) atoms. The van der Waals surface area contributed by atoms with E-state index in [0.29, 0.717) is 0 Å². The number of nitrogens with one attached hydrogen (secondary N) is 2. The molecule has 0 aliphatic heterocycles. The van der Waals surface area contributed by atoms with Crippen molar-refractivity contribution in [2.24, 2.45) is 0 Å². The predicted octanol–water partition coefficient (Wildman–Crippen LogP) is 2.75. The molecule has 0 bridgehead atoms. The van der Waals surface area contributed by atoms with Gasteiger partial charge in [-0.1, -0.05) is 24.3 Å². The van der Waals surface area contributed by atoms with Gasteiger partial charge in [-0.2, -0.15) is 13.2 Å². The average Bonchev–Trinajstić information content (AvgIpc) is 2.46. The van der Waals surface area contributed by atoms with E-state index in [0.717, 1.165) is 6.07 Å². The number of hydrogen-bond acceptors (Lipinski definition) is 2. The van der Waals surface area contributed by atoms with Crippen LogP contribution in [0.3, 0.4) is 0 Å². The van der Waals surface area contributed by atoms with Crippen molar-refractivity contribution in [3.05, 3.63) is 69.6 Å². The Hall–Kier alpha value is -2.57. The second kappa shape index (κ2) is 6.68. The lowest BCUT2D eigenvalue weighted by atomic mass is 10.0. The molecule has 0 radical (unpaired) electrons. The zero-order valence-corrected chi connectivity index (χ0v) is 12.3. The summed E-state index contributed by atoms with van der Waals surface area (Å²) in [5.74, 6) is -0.542. The van der Waals surface area contributed by atoms with Crippen LogP contribution in [-0.2, 0) is 12.6 Å². The molecule has 1 aromatic heterocycles. The van der Waals surface area contributed by atoms with Gasteiger partial charge in [0.25, 0.3) is 5.91 Å². The van der Waals surface area contributed by atoms with Crippen molar-refractivity contribution in [2.45, 2.75) is 25.6 Å². The highest BCUT2D eigenvalue weighted by Crippen LogP contribution is 2.32. The van der Waals surface area contributed by atoms with Crippen molar-refractivity contribution in [1.82, 2.24) is 10.3 Å². The predicted molar refractivity (Wildman–Crippen MR) is 79.1 cm³/mol. The van der Waals surface area contributed by atoms with E-state index in [-0.39, 0.29) is 17.7 Å². The second-order valence-corrected chi connectivity index (χ2v) is 5.16. The van der Waals surface area contributed by atoms with Crippen LogP contribution in [0.1, 0.15) is 28.5 Å². The van der Waals surface area contributed by atoms with E-state index in [1.165, 1.54) is 36.4 Å². The standard InChI is InChI=1S/C16H15F3N2O2/c1-10(20-15(23)13-7-4-8-14(22)21-13)9-11-5-2-3-6-12(11)16(17,18)19/h2-8,10H,9H2,1H3,(H,20,23)(H,21,22). The summed E-state index contributed by atoms with van der Waals surface area (Å²) in [5.41, 5.74) is -0.968. The maximum atomic E-state index is 12.9. The Balaban J connectivity index is 2.10. The van der Waals surface area contributed by atoms with Crippen LogP contribution in [0.15, 0.2) is 47.3 Å². The summed E-state index contributed by atoms with van der Waals surface area (Å²) in [6.07, 6.45) is -4.41. The fourth-order valence-electron chi connectivity index (χ4n) is 2.24. The molecular formula is C16H15F3N2O2. The summed E-state index contributed by atoms with van der Waals surface area (Å²) >= 11 is 0. The van der Waals surface area contributed by atoms with Gasteiger partial charge in [-0.15, -0.1) is 0 Å². The molecule has 1 aromatic carbocycles. The third kappa shape index (κ3) is 4.45.